The summed E-state index contributed by atoms with van der Waals surface area (Å²) in [5, 5.41) is 9.74. The summed E-state index contributed by atoms with van der Waals surface area (Å²) in [4.78, 5) is 0. The summed E-state index contributed by atoms with van der Waals surface area (Å²) in [6.07, 6.45) is 0. The van der Waals surface area contributed by atoms with E-state index in [1.54, 1.807) is 0 Å². The van der Waals surface area contributed by atoms with Crippen molar-refractivity contribution in [3.8, 4) is 45.0 Å². The summed E-state index contributed by atoms with van der Waals surface area (Å²) in [6, 6.07) is 96.9. The first kappa shape index (κ1) is 38.4. The van der Waals surface area contributed by atoms with Crippen molar-refractivity contribution in [1.82, 2.24) is 18.3 Å². The lowest BCUT2D eigenvalue weighted by molar-refractivity contribution is 1.13. The number of nitrogens with zero attached hydrogens (tertiary/aromatic N) is 4. The van der Waals surface area contributed by atoms with Crippen LogP contribution in [-0.4, -0.2) is 18.3 Å². The normalized spacial score (nSPS) is 11.8. The molecule has 0 aliphatic heterocycles. The van der Waals surface area contributed by atoms with E-state index in [0.717, 1.165) is 67.1 Å². The molecule has 0 fully saturated rings. The number of aromatic nitrogens is 4. The molecule has 0 bridgehead atoms. The maximum atomic E-state index is 3.47. The highest BCUT2D eigenvalue weighted by molar-refractivity contribution is 6.13. The van der Waals surface area contributed by atoms with Gasteiger partial charge in [-0.3, -0.25) is 0 Å². The van der Waals surface area contributed by atoms with Crippen LogP contribution in [0.3, 0.4) is 0 Å². The average molecular weight is 887 g/mol. The lowest BCUT2D eigenvalue weighted by atomic mass is 10.0. The molecule has 0 unspecified atom stereocenters. The molecule has 4 heteroatoms. The first-order valence-electron chi connectivity index (χ1n) is 23.8. The van der Waals surface area contributed by atoms with E-state index in [1.807, 2.05) is 12.1 Å². The molecule has 0 aliphatic carbocycles. The Kier molecular flexibility index (Phi) is 8.16. The second-order valence-corrected chi connectivity index (χ2v) is 18.2. The van der Waals surface area contributed by atoms with Crippen molar-refractivity contribution in [2.45, 2.75) is 0 Å². The zero-order valence-electron chi connectivity index (χ0n) is 37.7. The van der Waals surface area contributed by atoms with Crippen LogP contribution in [0.25, 0.3) is 132 Å². The highest BCUT2D eigenvalue weighted by atomic mass is 15.0. The van der Waals surface area contributed by atoms with Gasteiger partial charge in [-0.1, -0.05) is 152 Å². The first-order valence-corrected chi connectivity index (χ1v) is 23.8. The molecule has 0 radical (unpaired) electrons. The largest absolute Gasteiger partial charge is 0.309 e. The standard InChI is InChI=1S/C66H38N4/c1-7-28-59-51(22-1)52-23-2-8-29-60(52)67(59)47-18-13-16-43(38-47)45-34-36-65-57(40-45)55-26-5-11-32-63(55)69(65)49-20-15-21-50(42-49)70-64-33-12-6-27-56(64)58-41-46(35-37-66(58)70)44-17-14-19-48(39-44)68-61-30-9-3-24-53(61)54-25-4-10-31-62(54)68/h1-12,15,18-42H. The van der Waals surface area contributed by atoms with E-state index >= 15 is 0 Å². The quantitative estimate of drug-likeness (QED) is 0.159. The molecule has 0 aliphatic rings. The maximum Gasteiger partial charge on any atom is 0.0558 e. The average Bonchev–Trinajstić information content (AvgIpc) is 4.16. The van der Waals surface area contributed by atoms with Crippen LogP contribution in [0.15, 0.2) is 231 Å². The van der Waals surface area contributed by atoms with Crippen LogP contribution in [0, 0.1) is 24.3 Å². The van der Waals surface area contributed by atoms with Gasteiger partial charge in [0, 0.05) is 77.7 Å². The van der Waals surface area contributed by atoms with Gasteiger partial charge in [0.05, 0.1) is 55.5 Å². The summed E-state index contributed by atoms with van der Waals surface area (Å²) in [5.41, 5.74) is 17.8. The van der Waals surface area contributed by atoms with E-state index < -0.39 is 0 Å². The van der Waals surface area contributed by atoms with E-state index in [1.165, 1.54) is 65.2 Å². The lowest BCUT2D eigenvalue weighted by Crippen LogP contribution is -1.98. The Morgan fingerprint density at radius 2 is 0.529 bits per heavy atom. The molecule has 0 atom stereocenters. The molecule has 15 rings (SSSR count). The Hall–Kier alpha value is -9.74. The molecule has 0 saturated carbocycles. The van der Waals surface area contributed by atoms with E-state index in [2.05, 4.69) is 261 Å². The van der Waals surface area contributed by atoms with Crippen molar-refractivity contribution in [2.24, 2.45) is 0 Å². The summed E-state index contributed by atoms with van der Waals surface area (Å²) >= 11 is 0. The SMILES string of the molecule is c1cc(-n2c3ccccc3c3ccccc32)cc(-c2ccc3c(c2)c2ccccc2n3-c2cccc(-n3c4ccccc4c4cc(-c5c#ccc(-n6c7ccccc7c7ccccc76)c5)ccc43)c2)c#1. The van der Waals surface area contributed by atoms with Crippen molar-refractivity contribution < 1.29 is 0 Å². The van der Waals surface area contributed by atoms with Gasteiger partial charge >= 0.3 is 0 Å². The number of fused-ring (bicyclic) bond motifs is 12. The topological polar surface area (TPSA) is 19.7 Å². The van der Waals surface area contributed by atoms with Crippen molar-refractivity contribution in [1.29, 1.82) is 0 Å². The van der Waals surface area contributed by atoms with Crippen molar-refractivity contribution in [3.63, 3.8) is 0 Å². The fraction of sp³-hybridized carbons (Fsp3) is 0. The van der Waals surface area contributed by atoms with E-state index in [0.29, 0.717) is 0 Å². The van der Waals surface area contributed by atoms with Gasteiger partial charge in [0.25, 0.3) is 0 Å². The number of hydrogen-bond donors (Lipinski definition) is 0. The fourth-order valence-electron chi connectivity index (χ4n) is 11.4. The van der Waals surface area contributed by atoms with E-state index in [9.17, 15) is 0 Å². The Labute approximate surface area is 403 Å². The summed E-state index contributed by atoms with van der Waals surface area (Å²) in [6.45, 7) is 0. The number of hydrogen-bond acceptors (Lipinski definition) is 0. The van der Waals surface area contributed by atoms with Crippen LogP contribution in [-0.2, 0) is 0 Å². The van der Waals surface area contributed by atoms with Gasteiger partial charge in [-0.05, 0) is 102 Å². The van der Waals surface area contributed by atoms with E-state index in [4.69, 9.17) is 0 Å². The smallest absolute Gasteiger partial charge is 0.0558 e. The van der Waals surface area contributed by atoms with Crippen LogP contribution in [0.1, 0.15) is 0 Å². The minimum atomic E-state index is 1.00. The van der Waals surface area contributed by atoms with Crippen LogP contribution >= 0.6 is 0 Å². The van der Waals surface area contributed by atoms with Gasteiger partial charge in [-0.25, -0.2) is 0 Å². The van der Waals surface area contributed by atoms with Crippen LogP contribution in [0.5, 0.6) is 0 Å². The molecule has 4 nitrogen and oxygen atoms in total. The summed E-state index contributed by atoms with van der Waals surface area (Å²) in [7, 11) is 0. The zero-order valence-corrected chi connectivity index (χ0v) is 37.7. The van der Waals surface area contributed by atoms with Gasteiger partial charge < -0.3 is 18.3 Å². The molecular weight excluding hydrogens is 849 g/mol. The Balaban J connectivity index is 0.835. The second-order valence-electron chi connectivity index (χ2n) is 18.2. The summed E-state index contributed by atoms with van der Waals surface area (Å²) < 4.78 is 9.50. The van der Waals surface area contributed by atoms with Crippen molar-refractivity contribution in [2.75, 3.05) is 0 Å². The molecule has 0 spiro atoms. The van der Waals surface area contributed by atoms with Crippen molar-refractivity contribution >= 4 is 87.2 Å². The monoisotopic (exact) mass is 886 g/mol. The van der Waals surface area contributed by atoms with E-state index in [-0.39, 0.29) is 0 Å². The highest BCUT2D eigenvalue weighted by Crippen LogP contribution is 2.40. The molecular formula is C66H38N4. The summed E-state index contributed by atoms with van der Waals surface area (Å²) in [5.74, 6) is 0. The first-order chi connectivity index (χ1) is 34.7. The van der Waals surface area contributed by atoms with Crippen LogP contribution in [0.2, 0.25) is 0 Å². The number of rotatable bonds is 6. The molecule has 4 aromatic heterocycles. The Morgan fingerprint density at radius 3 is 0.886 bits per heavy atom. The third kappa shape index (κ3) is 5.63. The second kappa shape index (κ2) is 14.9. The fourth-order valence-corrected chi connectivity index (χ4v) is 11.4. The molecule has 0 saturated heterocycles. The minimum Gasteiger partial charge on any atom is -0.309 e. The van der Waals surface area contributed by atoms with Crippen LogP contribution in [0.4, 0.5) is 0 Å². The predicted octanol–water partition coefficient (Wildman–Crippen LogP) is 16.6. The molecule has 70 heavy (non-hydrogen) atoms. The van der Waals surface area contributed by atoms with Gasteiger partial charge in [0.1, 0.15) is 0 Å². The zero-order chi connectivity index (χ0) is 45.9. The molecule has 11 aromatic carbocycles. The van der Waals surface area contributed by atoms with Gasteiger partial charge in [-0.15, -0.1) is 0 Å². The molecule has 322 valence electrons. The Bertz CT molecular complexity index is 4210. The number of para-hydroxylation sites is 6. The lowest BCUT2D eigenvalue weighted by Gasteiger charge is -2.13. The van der Waals surface area contributed by atoms with Crippen molar-refractivity contribution in [3.05, 3.63) is 255 Å². The van der Waals surface area contributed by atoms with Gasteiger partial charge in [0.15, 0.2) is 0 Å². The van der Waals surface area contributed by atoms with Crippen LogP contribution < -0.4 is 0 Å². The molecule has 15 aromatic rings. The predicted molar refractivity (Wildman–Crippen MR) is 290 cm³/mol. The number of benzene rings is 9. The van der Waals surface area contributed by atoms with Gasteiger partial charge in [-0.2, -0.15) is 0 Å². The molecule has 0 amide bonds. The third-order valence-corrected chi connectivity index (χ3v) is 14.4. The van der Waals surface area contributed by atoms with Gasteiger partial charge in [0.2, 0.25) is 0 Å². The Morgan fingerprint density at radius 1 is 0.229 bits per heavy atom. The third-order valence-electron chi connectivity index (χ3n) is 14.4. The molecule has 4 heterocycles. The highest BCUT2D eigenvalue weighted by Gasteiger charge is 2.19. The molecule has 0 N–H and O–H groups in total. The minimum absolute atomic E-state index is 1.00. The maximum absolute atomic E-state index is 3.47.